The zero-order valence-corrected chi connectivity index (χ0v) is 20.4. The maximum atomic E-state index is 12.8. The Kier molecular flexibility index (Phi) is 8.51. The Balaban J connectivity index is 2.43. The van der Waals surface area contributed by atoms with Crippen LogP contribution in [-0.4, -0.2) is 42.2 Å². The van der Waals surface area contributed by atoms with Gasteiger partial charge in [0.1, 0.15) is 17.0 Å². The molecule has 0 saturated carbocycles. The first-order valence-corrected chi connectivity index (χ1v) is 10.7. The van der Waals surface area contributed by atoms with Crippen molar-refractivity contribution >= 4 is 17.8 Å². The highest BCUT2D eigenvalue weighted by atomic mass is 16.8. The fourth-order valence-electron chi connectivity index (χ4n) is 2.86. The summed E-state index contributed by atoms with van der Waals surface area (Å²) >= 11 is 0. The zero-order valence-electron chi connectivity index (χ0n) is 20.4. The molecule has 0 heterocycles. The predicted octanol–water partition coefficient (Wildman–Crippen LogP) is 6.23. The topological polar surface area (TPSA) is 74.3 Å². The molecule has 2 aromatic rings. The number of rotatable bonds is 5. The van der Waals surface area contributed by atoms with Gasteiger partial charge in [0.25, 0.3) is 0 Å². The molecule has 33 heavy (non-hydrogen) atoms. The molecule has 1 amide bonds. The molecule has 0 unspecified atom stereocenters. The maximum Gasteiger partial charge on any atom is 0.534 e. The molecule has 0 aliphatic rings. The van der Waals surface area contributed by atoms with Gasteiger partial charge in [-0.05, 0) is 58.7 Å². The van der Waals surface area contributed by atoms with Crippen molar-refractivity contribution in [3.63, 3.8) is 0 Å². The first-order valence-electron chi connectivity index (χ1n) is 10.7. The number of methoxy groups -OCH3 is 1. The van der Waals surface area contributed by atoms with Crippen LogP contribution in [0.15, 0.2) is 60.7 Å². The van der Waals surface area contributed by atoms with E-state index in [-0.39, 0.29) is 6.54 Å². The van der Waals surface area contributed by atoms with Crippen LogP contribution in [-0.2, 0) is 14.3 Å². The Morgan fingerprint density at radius 3 is 2.00 bits per heavy atom. The number of hydroxylamine groups is 2. The van der Waals surface area contributed by atoms with Crippen LogP contribution in [0.3, 0.4) is 0 Å². The molecule has 0 aliphatic carbocycles. The van der Waals surface area contributed by atoms with E-state index in [0.29, 0.717) is 5.75 Å². The summed E-state index contributed by atoms with van der Waals surface area (Å²) in [6.45, 7) is 10.3. The van der Waals surface area contributed by atoms with Crippen molar-refractivity contribution < 1.29 is 28.6 Å². The normalized spacial score (nSPS) is 12.0. The number of benzene rings is 2. The summed E-state index contributed by atoms with van der Waals surface area (Å²) in [5, 5.41) is 0.845. The van der Waals surface area contributed by atoms with Crippen molar-refractivity contribution in [2.24, 2.45) is 0 Å². The largest absolute Gasteiger partial charge is 0.534 e. The predicted molar refractivity (Wildman–Crippen MR) is 127 cm³/mol. The van der Waals surface area contributed by atoms with Gasteiger partial charge in [0.15, 0.2) is 0 Å². The third-order valence-corrected chi connectivity index (χ3v) is 4.11. The first-order chi connectivity index (χ1) is 15.4. The summed E-state index contributed by atoms with van der Waals surface area (Å²) in [5.74, 6) is 0.671. The lowest BCUT2D eigenvalue weighted by molar-refractivity contribution is -0.130. The van der Waals surface area contributed by atoms with E-state index in [4.69, 9.17) is 19.0 Å². The molecule has 178 valence electrons. The van der Waals surface area contributed by atoms with Crippen molar-refractivity contribution in [1.82, 2.24) is 5.06 Å². The number of hydrogen-bond acceptors (Lipinski definition) is 6. The van der Waals surface area contributed by atoms with E-state index in [1.807, 2.05) is 54.6 Å². The SMILES string of the molecule is COc1ccccc1/C(=C/CN(OC(=O)OC(C)(C)C)C(=O)OC(C)(C)C)c1ccccc1. The monoisotopic (exact) mass is 455 g/mol. The van der Waals surface area contributed by atoms with E-state index < -0.39 is 23.5 Å². The molecule has 0 atom stereocenters. The molecule has 7 heteroatoms. The second-order valence-corrected chi connectivity index (χ2v) is 9.28. The van der Waals surface area contributed by atoms with Crippen molar-refractivity contribution in [3.05, 3.63) is 71.8 Å². The standard InChI is InChI=1S/C26H33NO6/c1-25(2,3)31-23(28)27(33-24(29)32-26(4,5)6)18-17-20(19-13-9-8-10-14-19)21-15-11-12-16-22(21)30-7/h8-17H,18H2,1-7H3/b20-17+. The maximum absolute atomic E-state index is 12.8. The van der Waals surface area contributed by atoms with Gasteiger partial charge in [0.05, 0.1) is 13.7 Å². The molecule has 0 radical (unpaired) electrons. The van der Waals surface area contributed by atoms with Crippen molar-refractivity contribution in [1.29, 1.82) is 0 Å². The quantitative estimate of drug-likeness (QED) is 0.393. The van der Waals surface area contributed by atoms with Crippen LogP contribution in [0, 0.1) is 0 Å². The van der Waals surface area contributed by atoms with E-state index in [2.05, 4.69) is 0 Å². The average molecular weight is 456 g/mol. The number of ether oxygens (including phenoxy) is 3. The Hall–Kier alpha value is -3.48. The molecule has 0 aromatic heterocycles. The van der Waals surface area contributed by atoms with Crippen LogP contribution in [0.1, 0.15) is 52.7 Å². The van der Waals surface area contributed by atoms with Gasteiger partial charge in [-0.25, -0.2) is 9.59 Å². The van der Waals surface area contributed by atoms with E-state index in [1.165, 1.54) is 0 Å². The fraction of sp³-hybridized carbons (Fsp3) is 0.385. The summed E-state index contributed by atoms with van der Waals surface area (Å²) in [6.07, 6.45) is -0.0288. The molecule has 0 N–H and O–H groups in total. The van der Waals surface area contributed by atoms with E-state index >= 15 is 0 Å². The molecule has 7 nitrogen and oxygen atoms in total. The van der Waals surface area contributed by atoms with Crippen LogP contribution in [0.2, 0.25) is 0 Å². The summed E-state index contributed by atoms with van der Waals surface area (Å²) < 4.78 is 16.2. The minimum Gasteiger partial charge on any atom is -0.496 e. The van der Waals surface area contributed by atoms with Gasteiger partial charge in [-0.2, -0.15) is 0 Å². The number of hydrogen-bond donors (Lipinski definition) is 0. The Morgan fingerprint density at radius 2 is 1.42 bits per heavy atom. The molecular formula is C26H33NO6. The average Bonchev–Trinajstić information content (AvgIpc) is 2.71. The zero-order chi connectivity index (χ0) is 24.6. The van der Waals surface area contributed by atoms with Crippen LogP contribution >= 0.6 is 0 Å². The Bertz CT molecular complexity index is 970. The Morgan fingerprint density at radius 1 is 0.848 bits per heavy atom. The first kappa shape index (κ1) is 25.8. The van der Waals surface area contributed by atoms with Gasteiger partial charge < -0.3 is 14.2 Å². The molecule has 0 aliphatic heterocycles. The van der Waals surface area contributed by atoms with Crippen molar-refractivity contribution in [3.8, 4) is 5.75 Å². The fourth-order valence-corrected chi connectivity index (χ4v) is 2.86. The van der Waals surface area contributed by atoms with Crippen LogP contribution in [0.25, 0.3) is 5.57 Å². The van der Waals surface area contributed by atoms with Gasteiger partial charge in [0, 0.05) is 5.56 Å². The molecular weight excluding hydrogens is 422 g/mol. The van der Waals surface area contributed by atoms with E-state index in [9.17, 15) is 9.59 Å². The van der Waals surface area contributed by atoms with Gasteiger partial charge >= 0.3 is 12.2 Å². The lowest BCUT2D eigenvalue weighted by atomic mass is 9.96. The van der Waals surface area contributed by atoms with Gasteiger partial charge in [-0.3, -0.25) is 4.84 Å². The number of amides is 1. The second kappa shape index (κ2) is 10.9. The molecule has 2 aromatic carbocycles. The van der Waals surface area contributed by atoms with Crippen molar-refractivity contribution in [2.75, 3.05) is 13.7 Å². The lowest BCUT2D eigenvalue weighted by Gasteiger charge is -2.27. The highest BCUT2D eigenvalue weighted by Gasteiger charge is 2.28. The number of nitrogens with zero attached hydrogens (tertiary/aromatic N) is 1. The third kappa shape index (κ3) is 8.52. The van der Waals surface area contributed by atoms with Crippen LogP contribution in [0.4, 0.5) is 9.59 Å². The number of para-hydroxylation sites is 1. The summed E-state index contributed by atoms with van der Waals surface area (Å²) in [6, 6.07) is 17.2. The Labute approximate surface area is 195 Å². The molecule has 0 bridgehead atoms. The van der Waals surface area contributed by atoms with E-state index in [0.717, 1.165) is 21.8 Å². The van der Waals surface area contributed by atoms with Crippen LogP contribution in [0.5, 0.6) is 5.75 Å². The van der Waals surface area contributed by atoms with Gasteiger partial charge in [-0.1, -0.05) is 54.6 Å². The van der Waals surface area contributed by atoms with Crippen LogP contribution < -0.4 is 4.74 Å². The minimum absolute atomic E-state index is 0.0730. The molecule has 0 spiro atoms. The van der Waals surface area contributed by atoms with Crippen molar-refractivity contribution in [2.45, 2.75) is 52.7 Å². The highest BCUT2D eigenvalue weighted by molar-refractivity contribution is 5.83. The summed E-state index contributed by atoms with van der Waals surface area (Å²) in [5.41, 5.74) is 0.978. The third-order valence-electron chi connectivity index (χ3n) is 4.11. The number of carbonyl (C=O) groups is 2. The minimum atomic E-state index is -1.000. The molecule has 0 fully saturated rings. The van der Waals surface area contributed by atoms with Gasteiger partial charge in [0.2, 0.25) is 0 Å². The second-order valence-electron chi connectivity index (χ2n) is 9.28. The summed E-state index contributed by atoms with van der Waals surface area (Å²) in [7, 11) is 1.60. The highest BCUT2D eigenvalue weighted by Crippen LogP contribution is 2.31. The van der Waals surface area contributed by atoms with E-state index in [1.54, 1.807) is 54.7 Å². The summed E-state index contributed by atoms with van der Waals surface area (Å²) in [4.78, 5) is 30.3. The van der Waals surface area contributed by atoms with Gasteiger partial charge in [-0.15, -0.1) is 5.06 Å². The molecule has 2 rings (SSSR count). The lowest BCUT2D eigenvalue weighted by Crippen LogP contribution is -2.40. The smallest absolute Gasteiger partial charge is 0.496 e. The number of carbonyl (C=O) groups excluding carboxylic acids is 2. The molecule has 0 saturated heterocycles.